The number of halogens is 3. The average molecular weight is 584 g/mol. The SMILES string of the molecule is Cl.O=C(Nc1ccccc1Br)Nc1ccc(Cl)c(S(=O)(=O)NCCCN2CCOCC2)c1O. The van der Waals surface area contributed by atoms with Crippen LogP contribution in [0.5, 0.6) is 5.75 Å². The molecule has 0 radical (unpaired) electrons. The van der Waals surface area contributed by atoms with Crippen molar-refractivity contribution in [3.63, 3.8) is 0 Å². The van der Waals surface area contributed by atoms with Crippen molar-refractivity contribution in [2.45, 2.75) is 11.3 Å². The molecule has 3 rings (SSSR count). The molecule has 4 N–H and O–H groups in total. The number of anilines is 2. The number of para-hydroxylation sites is 1. The van der Waals surface area contributed by atoms with E-state index in [0.29, 0.717) is 29.8 Å². The maximum Gasteiger partial charge on any atom is 0.323 e. The molecule has 2 amide bonds. The van der Waals surface area contributed by atoms with Gasteiger partial charge in [-0.15, -0.1) is 12.4 Å². The molecule has 0 unspecified atom stereocenters. The number of nitrogens with zero attached hydrogens (tertiary/aromatic N) is 1. The zero-order valence-electron chi connectivity index (χ0n) is 17.5. The van der Waals surface area contributed by atoms with Crippen LogP contribution >= 0.6 is 39.9 Å². The monoisotopic (exact) mass is 582 g/mol. The van der Waals surface area contributed by atoms with Crippen molar-refractivity contribution < 1.29 is 23.1 Å². The lowest BCUT2D eigenvalue weighted by Crippen LogP contribution is -2.38. The number of urea groups is 1. The second kappa shape index (κ2) is 12.7. The summed E-state index contributed by atoms with van der Waals surface area (Å²) in [6.45, 7) is 3.87. The van der Waals surface area contributed by atoms with Crippen molar-refractivity contribution in [1.29, 1.82) is 0 Å². The summed E-state index contributed by atoms with van der Waals surface area (Å²) in [4.78, 5) is 14.0. The molecular formula is C20H25BrCl2N4O5S. The number of carbonyl (C=O) groups excluding carboxylic acids is 1. The molecule has 2 aromatic carbocycles. The van der Waals surface area contributed by atoms with E-state index in [1.54, 1.807) is 24.3 Å². The van der Waals surface area contributed by atoms with Crippen LogP contribution in [0.15, 0.2) is 45.8 Å². The van der Waals surface area contributed by atoms with E-state index in [-0.39, 0.29) is 29.7 Å². The Morgan fingerprint density at radius 1 is 1.12 bits per heavy atom. The van der Waals surface area contributed by atoms with Gasteiger partial charge in [-0.05, 0) is 53.2 Å². The molecule has 1 saturated heterocycles. The Morgan fingerprint density at radius 3 is 2.48 bits per heavy atom. The number of nitrogens with one attached hydrogen (secondary N) is 3. The molecule has 0 aliphatic carbocycles. The molecule has 1 aliphatic heterocycles. The van der Waals surface area contributed by atoms with Gasteiger partial charge in [-0.1, -0.05) is 23.7 Å². The highest BCUT2D eigenvalue weighted by Gasteiger charge is 2.25. The summed E-state index contributed by atoms with van der Waals surface area (Å²) < 4.78 is 34.0. The Morgan fingerprint density at radius 2 is 1.79 bits per heavy atom. The van der Waals surface area contributed by atoms with Crippen LogP contribution < -0.4 is 15.4 Å². The van der Waals surface area contributed by atoms with Gasteiger partial charge in [0.15, 0.2) is 5.75 Å². The summed E-state index contributed by atoms with van der Waals surface area (Å²) in [6.07, 6.45) is 0.587. The third-order valence-electron chi connectivity index (χ3n) is 4.77. The zero-order chi connectivity index (χ0) is 23.1. The Kier molecular flexibility index (Phi) is 10.7. The van der Waals surface area contributed by atoms with E-state index >= 15 is 0 Å². The number of carbonyl (C=O) groups is 1. The summed E-state index contributed by atoms with van der Waals surface area (Å²) in [6, 6.07) is 8.95. The van der Waals surface area contributed by atoms with Crippen LogP contribution in [0.25, 0.3) is 0 Å². The van der Waals surface area contributed by atoms with Crippen molar-refractivity contribution >= 4 is 67.4 Å². The molecule has 2 aromatic rings. The summed E-state index contributed by atoms with van der Waals surface area (Å²) in [5.41, 5.74) is 0.417. The maximum absolute atomic E-state index is 12.8. The van der Waals surface area contributed by atoms with Crippen molar-refractivity contribution in [2.75, 3.05) is 50.0 Å². The van der Waals surface area contributed by atoms with Gasteiger partial charge in [0, 0.05) is 24.1 Å². The summed E-state index contributed by atoms with van der Waals surface area (Å²) in [7, 11) is -4.10. The van der Waals surface area contributed by atoms with Crippen molar-refractivity contribution in [3.8, 4) is 5.75 Å². The Labute approximate surface area is 212 Å². The van der Waals surface area contributed by atoms with Crippen LogP contribution in [0.3, 0.4) is 0 Å². The van der Waals surface area contributed by atoms with E-state index < -0.39 is 26.7 Å². The molecule has 1 aliphatic rings. The number of hydrogen-bond acceptors (Lipinski definition) is 6. The number of aromatic hydroxyl groups is 1. The number of rotatable bonds is 8. The molecule has 9 nitrogen and oxygen atoms in total. The predicted molar refractivity (Wildman–Crippen MR) is 134 cm³/mol. The Hall–Kier alpha value is -1.60. The highest BCUT2D eigenvalue weighted by Crippen LogP contribution is 2.37. The van der Waals surface area contributed by atoms with Gasteiger partial charge in [0.05, 0.1) is 29.6 Å². The molecule has 13 heteroatoms. The van der Waals surface area contributed by atoms with Gasteiger partial charge in [0.25, 0.3) is 0 Å². The number of amides is 2. The molecular weight excluding hydrogens is 559 g/mol. The number of morpholine rings is 1. The van der Waals surface area contributed by atoms with E-state index in [1.807, 2.05) is 0 Å². The first-order chi connectivity index (χ1) is 15.3. The van der Waals surface area contributed by atoms with E-state index in [2.05, 4.69) is 36.2 Å². The van der Waals surface area contributed by atoms with Gasteiger partial charge in [-0.2, -0.15) is 0 Å². The van der Waals surface area contributed by atoms with Crippen LogP contribution in [0, 0.1) is 0 Å². The molecule has 0 bridgehead atoms. The average Bonchev–Trinajstić information content (AvgIpc) is 2.76. The van der Waals surface area contributed by atoms with E-state index in [1.165, 1.54) is 12.1 Å². The minimum absolute atomic E-state index is 0. The van der Waals surface area contributed by atoms with E-state index in [4.69, 9.17) is 16.3 Å². The standard InChI is InChI=1S/C20H24BrClN4O5S.ClH/c21-14-4-1-2-5-16(14)24-20(28)25-17-7-6-15(22)19(18(17)27)32(29,30)23-8-3-9-26-10-12-31-13-11-26;/h1-2,4-7,23,27H,3,8-13H2,(H2,24,25,28);1H. The van der Waals surface area contributed by atoms with Crippen molar-refractivity contribution in [3.05, 3.63) is 45.9 Å². The molecule has 182 valence electrons. The van der Waals surface area contributed by atoms with E-state index in [0.717, 1.165) is 19.6 Å². The van der Waals surface area contributed by atoms with E-state index in [9.17, 15) is 18.3 Å². The molecule has 1 fully saturated rings. The molecule has 0 aromatic heterocycles. The lowest BCUT2D eigenvalue weighted by Gasteiger charge is -2.26. The lowest BCUT2D eigenvalue weighted by molar-refractivity contribution is 0.0376. The largest absolute Gasteiger partial charge is 0.504 e. The number of benzene rings is 2. The van der Waals surface area contributed by atoms with Crippen LogP contribution in [-0.2, 0) is 14.8 Å². The first-order valence-corrected chi connectivity index (χ1v) is 12.6. The van der Waals surface area contributed by atoms with Gasteiger partial charge in [-0.25, -0.2) is 17.9 Å². The summed E-state index contributed by atoms with van der Waals surface area (Å²) >= 11 is 9.39. The molecule has 0 atom stereocenters. The van der Waals surface area contributed by atoms with Crippen molar-refractivity contribution in [1.82, 2.24) is 9.62 Å². The van der Waals surface area contributed by atoms with Gasteiger partial charge in [-0.3, -0.25) is 4.90 Å². The number of ether oxygens (including phenoxy) is 1. The first-order valence-electron chi connectivity index (χ1n) is 9.91. The Bertz CT molecular complexity index is 1070. The fraction of sp³-hybridized carbons (Fsp3) is 0.350. The fourth-order valence-electron chi connectivity index (χ4n) is 3.15. The quantitative estimate of drug-likeness (QED) is 0.276. The number of sulfonamides is 1. The maximum atomic E-state index is 12.8. The van der Waals surface area contributed by atoms with Crippen LogP contribution in [0.4, 0.5) is 16.2 Å². The summed E-state index contributed by atoms with van der Waals surface area (Å²) in [5, 5.41) is 15.5. The number of phenols is 1. The van der Waals surface area contributed by atoms with Crippen LogP contribution in [-0.4, -0.2) is 63.8 Å². The molecule has 33 heavy (non-hydrogen) atoms. The second-order valence-electron chi connectivity index (χ2n) is 7.04. The third kappa shape index (κ3) is 7.71. The molecule has 1 heterocycles. The molecule has 0 spiro atoms. The number of phenolic OH excluding ortho intramolecular Hbond substituents is 1. The van der Waals surface area contributed by atoms with Gasteiger partial charge >= 0.3 is 6.03 Å². The number of hydrogen-bond donors (Lipinski definition) is 4. The van der Waals surface area contributed by atoms with Crippen LogP contribution in [0.1, 0.15) is 6.42 Å². The highest BCUT2D eigenvalue weighted by molar-refractivity contribution is 9.10. The Balaban J connectivity index is 0.00000385. The van der Waals surface area contributed by atoms with Gasteiger partial charge < -0.3 is 20.5 Å². The highest BCUT2D eigenvalue weighted by atomic mass is 79.9. The summed E-state index contributed by atoms with van der Waals surface area (Å²) in [5.74, 6) is -0.638. The zero-order valence-corrected chi connectivity index (χ0v) is 21.5. The lowest BCUT2D eigenvalue weighted by atomic mass is 10.3. The normalized spacial score (nSPS) is 14.4. The molecule has 0 saturated carbocycles. The minimum Gasteiger partial charge on any atom is -0.504 e. The smallest absolute Gasteiger partial charge is 0.323 e. The topological polar surface area (TPSA) is 120 Å². The van der Waals surface area contributed by atoms with Gasteiger partial charge in [0.1, 0.15) is 4.90 Å². The second-order valence-corrected chi connectivity index (χ2v) is 10.0. The van der Waals surface area contributed by atoms with Crippen molar-refractivity contribution in [2.24, 2.45) is 0 Å². The predicted octanol–water partition coefficient (Wildman–Crippen LogP) is 3.87. The third-order valence-corrected chi connectivity index (χ3v) is 7.42. The minimum atomic E-state index is -4.10. The first kappa shape index (κ1) is 27.6. The van der Waals surface area contributed by atoms with Crippen LogP contribution in [0.2, 0.25) is 5.02 Å². The fourth-order valence-corrected chi connectivity index (χ4v) is 5.24. The van der Waals surface area contributed by atoms with Gasteiger partial charge in [0.2, 0.25) is 10.0 Å².